The van der Waals surface area contributed by atoms with Gasteiger partial charge in [-0.3, -0.25) is 0 Å². The van der Waals surface area contributed by atoms with E-state index in [2.05, 4.69) is 35.6 Å². The molecule has 2 aromatic heterocycles. The number of piperidine rings is 1. The number of aromatic nitrogens is 3. The molecule has 3 heterocycles. The molecule has 3 atom stereocenters. The minimum atomic E-state index is -4.49. The van der Waals surface area contributed by atoms with Gasteiger partial charge >= 0.3 is 6.18 Å². The number of nitrogens with zero attached hydrogens (tertiary/aromatic N) is 3. The van der Waals surface area contributed by atoms with Crippen LogP contribution in [0, 0.1) is 6.92 Å². The van der Waals surface area contributed by atoms with Crippen molar-refractivity contribution in [1.82, 2.24) is 20.3 Å². The van der Waals surface area contributed by atoms with Crippen molar-refractivity contribution in [2.24, 2.45) is 0 Å². The normalized spacial score (nSPS) is 17.8. The first-order chi connectivity index (χ1) is 19.7. The SMILES string of the molecule is CO[C@@H](CNc1cccc2c(Oc3ncccc3-c3ccnc(NC4CNCC(F)C4)n3)c(C)ccc12)C(F)(F)F.Cl. The average Bonchev–Trinajstić information content (AvgIpc) is 2.94. The van der Waals surface area contributed by atoms with Crippen LogP contribution in [0.2, 0.25) is 0 Å². The molecular formula is C29H31ClF4N6O2. The quantitative estimate of drug-likeness (QED) is 0.191. The summed E-state index contributed by atoms with van der Waals surface area (Å²) in [5.74, 6) is 1.18. The van der Waals surface area contributed by atoms with E-state index in [0.717, 1.165) is 12.7 Å². The number of benzene rings is 2. The first-order valence-corrected chi connectivity index (χ1v) is 13.2. The van der Waals surface area contributed by atoms with Crippen molar-refractivity contribution in [3.63, 3.8) is 0 Å². The van der Waals surface area contributed by atoms with E-state index in [-0.39, 0.29) is 18.4 Å². The van der Waals surface area contributed by atoms with Gasteiger partial charge in [0.2, 0.25) is 11.8 Å². The molecule has 1 fully saturated rings. The second-order valence-electron chi connectivity index (χ2n) is 9.82. The molecule has 1 aliphatic heterocycles. The van der Waals surface area contributed by atoms with Crippen molar-refractivity contribution in [2.45, 2.75) is 37.8 Å². The highest BCUT2D eigenvalue weighted by Crippen LogP contribution is 2.38. The molecule has 0 saturated carbocycles. The van der Waals surface area contributed by atoms with Crippen LogP contribution in [0.25, 0.3) is 22.0 Å². The molecule has 1 saturated heterocycles. The maximum absolute atomic E-state index is 13.8. The summed E-state index contributed by atoms with van der Waals surface area (Å²) in [5, 5.41) is 10.5. The Kier molecular flexibility index (Phi) is 10.0. The molecule has 42 heavy (non-hydrogen) atoms. The van der Waals surface area contributed by atoms with Gasteiger partial charge in [-0.15, -0.1) is 12.4 Å². The fourth-order valence-electron chi connectivity index (χ4n) is 4.79. The summed E-state index contributed by atoms with van der Waals surface area (Å²) >= 11 is 0. The van der Waals surface area contributed by atoms with Gasteiger partial charge in [0.25, 0.3) is 0 Å². The predicted octanol–water partition coefficient (Wildman–Crippen LogP) is 6.32. The van der Waals surface area contributed by atoms with Crippen LogP contribution in [0.5, 0.6) is 11.6 Å². The molecular weight excluding hydrogens is 576 g/mol. The predicted molar refractivity (Wildman–Crippen MR) is 156 cm³/mol. The zero-order chi connectivity index (χ0) is 29.0. The number of halogens is 5. The molecule has 0 amide bonds. The summed E-state index contributed by atoms with van der Waals surface area (Å²) in [6.45, 7) is 2.38. The maximum atomic E-state index is 13.8. The van der Waals surface area contributed by atoms with Crippen LogP contribution in [-0.2, 0) is 4.74 Å². The van der Waals surface area contributed by atoms with Gasteiger partial charge in [-0.25, -0.2) is 19.3 Å². The number of aryl methyl sites for hydroxylation is 1. The number of hydrogen-bond donors (Lipinski definition) is 3. The summed E-state index contributed by atoms with van der Waals surface area (Å²) in [4.78, 5) is 13.4. The van der Waals surface area contributed by atoms with Gasteiger partial charge in [-0.2, -0.15) is 13.2 Å². The highest BCUT2D eigenvalue weighted by Gasteiger charge is 2.39. The number of fused-ring (bicyclic) bond motifs is 1. The van der Waals surface area contributed by atoms with E-state index in [1.807, 2.05) is 31.2 Å². The van der Waals surface area contributed by atoms with E-state index in [9.17, 15) is 17.6 Å². The Morgan fingerprint density at radius 3 is 2.62 bits per heavy atom. The number of ether oxygens (including phenoxy) is 2. The van der Waals surface area contributed by atoms with E-state index in [1.165, 1.54) is 0 Å². The summed E-state index contributed by atoms with van der Waals surface area (Å²) in [6, 6.07) is 14.1. The zero-order valence-corrected chi connectivity index (χ0v) is 23.7. The molecule has 4 aromatic rings. The summed E-state index contributed by atoms with van der Waals surface area (Å²) in [7, 11) is 1.03. The van der Waals surface area contributed by atoms with Crippen LogP contribution < -0.4 is 20.7 Å². The van der Waals surface area contributed by atoms with Crippen molar-refractivity contribution < 1.29 is 27.0 Å². The number of anilines is 2. The van der Waals surface area contributed by atoms with Gasteiger partial charge in [-0.05, 0) is 36.8 Å². The number of methoxy groups -OCH3 is 1. The second-order valence-corrected chi connectivity index (χ2v) is 9.82. The number of pyridine rings is 1. The van der Waals surface area contributed by atoms with Crippen LogP contribution >= 0.6 is 12.4 Å². The van der Waals surface area contributed by atoms with Crippen molar-refractivity contribution in [1.29, 1.82) is 0 Å². The lowest BCUT2D eigenvalue weighted by Gasteiger charge is -2.26. The van der Waals surface area contributed by atoms with Crippen molar-refractivity contribution in [2.75, 3.05) is 37.4 Å². The fraction of sp³-hybridized carbons (Fsp3) is 0.345. The topological polar surface area (TPSA) is 93.2 Å². The Bertz CT molecular complexity index is 1510. The molecule has 0 aliphatic carbocycles. The third-order valence-corrected chi connectivity index (χ3v) is 6.87. The fourth-order valence-corrected chi connectivity index (χ4v) is 4.79. The third kappa shape index (κ3) is 7.18. The van der Waals surface area contributed by atoms with Crippen LogP contribution in [0.4, 0.5) is 29.2 Å². The molecule has 3 N–H and O–H groups in total. The Balaban J connectivity index is 0.00000405. The Morgan fingerprint density at radius 2 is 1.86 bits per heavy atom. The molecule has 0 bridgehead atoms. The molecule has 0 spiro atoms. The standard InChI is InChI=1S/C29H30F4N6O2.ClH/c1-17-8-9-20-21(5-3-7-23(20)37-16-25(40-2)29(31,32)33)26(17)41-27-22(6-4-11-35-27)24-10-12-36-28(39-24)38-19-13-18(30)14-34-15-19;/h3-12,18-19,25,34,37H,13-16H2,1-2H3,(H,36,38,39);1H/t18?,19?,25-;/m0./s1. The zero-order valence-electron chi connectivity index (χ0n) is 22.9. The van der Waals surface area contributed by atoms with Gasteiger partial charge in [0.15, 0.2) is 6.10 Å². The molecule has 2 aromatic carbocycles. The van der Waals surface area contributed by atoms with E-state index < -0.39 is 25.0 Å². The van der Waals surface area contributed by atoms with Gasteiger partial charge < -0.3 is 25.4 Å². The Morgan fingerprint density at radius 1 is 1.02 bits per heavy atom. The van der Waals surface area contributed by atoms with Crippen LogP contribution in [-0.4, -0.2) is 66.2 Å². The number of alkyl halides is 4. The average molecular weight is 607 g/mol. The Hall–Kier alpha value is -3.74. The van der Waals surface area contributed by atoms with Crippen molar-refractivity contribution in [3.05, 3.63) is 66.5 Å². The molecule has 2 unspecified atom stereocenters. The molecule has 1 aliphatic rings. The van der Waals surface area contributed by atoms with E-state index in [1.54, 1.807) is 36.7 Å². The monoisotopic (exact) mass is 606 g/mol. The summed E-state index contributed by atoms with van der Waals surface area (Å²) < 4.78 is 64.5. The van der Waals surface area contributed by atoms with Gasteiger partial charge in [-0.1, -0.05) is 24.3 Å². The molecule has 224 valence electrons. The minimum absolute atomic E-state index is 0. The van der Waals surface area contributed by atoms with Crippen LogP contribution in [0.15, 0.2) is 60.9 Å². The van der Waals surface area contributed by atoms with E-state index in [0.29, 0.717) is 64.8 Å². The van der Waals surface area contributed by atoms with E-state index >= 15 is 0 Å². The molecule has 13 heteroatoms. The second kappa shape index (κ2) is 13.5. The van der Waals surface area contributed by atoms with Crippen LogP contribution in [0.3, 0.4) is 0 Å². The van der Waals surface area contributed by atoms with Crippen molar-refractivity contribution >= 4 is 34.8 Å². The third-order valence-electron chi connectivity index (χ3n) is 6.87. The maximum Gasteiger partial charge on any atom is 0.416 e. The largest absolute Gasteiger partial charge is 0.437 e. The van der Waals surface area contributed by atoms with Crippen molar-refractivity contribution in [3.8, 4) is 22.9 Å². The number of rotatable bonds is 9. The lowest BCUT2D eigenvalue weighted by Crippen LogP contribution is -2.44. The van der Waals surface area contributed by atoms with E-state index in [4.69, 9.17) is 4.74 Å². The first-order valence-electron chi connectivity index (χ1n) is 13.2. The van der Waals surface area contributed by atoms with Crippen LogP contribution in [0.1, 0.15) is 12.0 Å². The highest BCUT2D eigenvalue weighted by atomic mass is 35.5. The molecule has 8 nitrogen and oxygen atoms in total. The highest BCUT2D eigenvalue weighted by molar-refractivity contribution is 5.98. The first kappa shape index (κ1) is 31.2. The summed E-state index contributed by atoms with van der Waals surface area (Å²) in [6.07, 6.45) is -3.81. The molecule has 0 radical (unpaired) electrons. The Labute approximate surface area is 246 Å². The smallest absolute Gasteiger partial charge is 0.416 e. The summed E-state index contributed by atoms with van der Waals surface area (Å²) in [5.41, 5.74) is 2.50. The minimum Gasteiger partial charge on any atom is -0.437 e. The lowest BCUT2D eigenvalue weighted by molar-refractivity contribution is -0.207. The number of hydrogen-bond acceptors (Lipinski definition) is 8. The molecule has 5 rings (SSSR count). The lowest BCUT2D eigenvalue weighted by atomic mass is 10.0. The van der Waals surface area contributed by atoms with Gasteiger partial charge in [0, 0.05) is 61.5 Å². The van der Waals surface area contributed by atoms with Gasteiger partial charge in [0.05, 0.1) is 17.8 Å². The number of nitrogens with one attached hydrogen (secondary N) is 3. The van der Waals surface area contributed by atoms with Gasteiger partial charge in [0.1, 0.15) is 11.9 Å².